The third-order valence-electron chi connectivity index (χ3n) is 1.42. The zero-order valence-corrected chi connectivity index (χ0v) is 7.64. The molecule has 0 fully saturated rings. The van der Waals surface area contributed by atoms with Crippen molar-refractivity contribution in [3.63, 3.8) is 0 Å². The van der Waals surface area contributed by atoms with Gasteiger partial charge in [0, 0.05) is 6.20 Å². The molecule has 4 N–H and O–H groups in total. The van der Waals surface area contributed by atoms with Crippen LogP contribution in [0, 0.1) is 0 Å². The lowest BCUT2D eigenvalue weighted by Gasteiger charge is -2.04. The molecule has 1 aromatic heterocycles. The molecule has 0 saturated carbocycles. The van der Waals surface area contributed by atoms with Crippen LogP contribution in [0.25, 0.3) is 0 Å². The number of carbonyl (C=O) groups is 2. The highest BCUT2D eigenvalue weighted by Crippen LogP contribution is 2.12. The number of nitrogens with zero attached hydrogens (tertiary/aromatic N) is 1. The number of pyridine rings is 1. The lowest BCUT2D eigenvalue weighted by atomic mass is 10.2. The fraction of sp³-hybridized carbons (Fsp3) is 0.125. The van der Waals surface area contributed by atoms with E-state index in [9.17, 15) is 14.7 Å². The second kappa shape index (κ2) is 4.91. The minimum absolute atomic E-state index is 0.00512. The van der Waals surface area contributed by atoms with Gasteiger partial charge in [0.05, 0.1) is 11.8 Å². The summed E-state index contributed by atoms with van der Waals surface area (Å²) in [6.07, 6.45) is 2.45. The first-order valence-electron chi connectivity index (χ1n) is 3.94. The van der Waals surface area contributed by atoms with E-state index < -0.39 is 18.4 Å². The maximum absolute atomic E-state index is 11.3. The van der Waals surface area contributed by atoms with Crippen molar-refractivity contribution < 1.29 is 19.5 Å². The topological polar surface area (TPSA) is 115 Å². The average Bonchev–Trinajstić information content (AvgIpc) is 2.17. The molecule has 0 bridgehead atoms. The van der Waals surface area contributed by atoms with E-state index in [1.165, 1.54) is 12.3 Å². The van der Waals surface area contributed by atoms with Crippen LogP contribution in [0.15, 0.2) is 18.5 Å². The second-order valence-electron chi connectivity index (χ2n) is 2.58. The molecule has 7 heteroatoms. The molecule has 0 saturated heterocycles. The average molecular weight is 211 g/mol. The van der Waals surface area contributed by atoms with Gasteiger partial charge in [-0.1, -0.05) is 0 Å². The smallest absolute Gasteiger partial charge is 0.278 e. The van der Waals surface area contributed by atoms with Crippen LogP contribution in [-0.4, -0.2) is 28.5 Å². The van der Waals surface area contributed by atoms with E-state index in [2.05, 4.69) is 9.82 Å². The molecule has 1 heterocycles. The van der Waals surface area contributed by atoms with Gasteiger partial charge in [-0.3, -0.25) is 19.4 Å². The van der Waals surface area contributed by atoms with Gasteiger partial charge >= 0.3 is 0 Å². The Morgan fingerprint density at radius 2 is 2.33 bits per heavy atom. The van der Waals surface area contributed by atoms with Crippen LogP contribution in [0.2, 0.25) is 0 Å². The lowest BCUT2D eigenvalue weighted by molar-refractivity contribution is -0.124. The van der Waals surface area contributed by atoms with E-state index in [1.54, 1.807) is 0 Å². The van der Waals surface area contributed by atoms with E-state index in [4.69, 9.17) is 5.73 Å². The van der Waals surface area contributed by atoms with Crippen molar-refractivity contribution in [1.82, 2.24) is 10.5 Å². The summed E-state index contributed by atoms with van der Waals surface area (Å²) >= 11 is 0. The third-order valence-corrected chi connectivity index (χ3v) is 1.42. The van der Waals surface area contributed by atoms with Crippen LogP contribution in [0.4, 0.5) is 0 Å². The first-order valence-corrected chi connectivity index (χ1v) is 3.94. The summed E-state index contributed by atoms with van der Waals surface area (Å²) in [7, 11) is 0. The summed E-state index contributed by atoms with van der Waals surface area (Å²) in [5.74, 6) is -1.68. The standard InChI is InChI=1S/C8H9N3O4/c9-7(13)4-15-11-8(14)5-1-2-10-3-6(5)12/h1-3,12H,4H2,(H2,9,13)(H,11,14). The highest BCUT2D eigenvalue weighted by molar-refractivity contribution is 5.95. The summed E-state index contributed by atoms with van der Waals surface area (Å²) in [4.78, 5) is 29.6. The van der Waals surface area contributed by atoms with Crippen molar-refractivity contribution in [3.8, 4) is 5.75 Å². The predicted molar refractivity (Wildman–Crippen MR) is 48.5 cm³/mol. The lowest BCUT2D eigenvalue weighted by Crippen LogP contribution is -2.29. The van der Waals surface area contributed by atoms with Crippen molar-refractivity contribution in [2.45, 2.75) is 0 Å². The Morgan fingerprint density at radius 1 is 1.60 bits per heavy atom. The summed E-state index contributed by atoms with van der Waals surface area (Å²) in [5.41, 5.74) is 6.71. The first-order chi connectivity index (χ1) is 7.11. The van der Waals surface area contributed by atoms with Gasteiger partial charge in [0.15, 0.2) is 6.61 Å². The molecular weight excluding hydrogens is 202 g/mol. The van der Waals surface area contributed by atoms with Gasteiger partial charge in [0.2, 0.25) is 5.91 Å². The summed E-state index contributed by atoms with van der Waals surface area (Å²) in [6.45, 7) is -0.433. The number of primary amides is 1. The van der Waals surface area contributed by atoms with Gasteiger partial charge in [-0.05, 0) is 6.07 Å². The van der Waals surface area contributed by atoms with Crippen LogP contribution >= 0.6 is 0 Å². The molecule has 80 valence electrons. The maximum Gasteiger partial charge on any atom is 0.278 e. The van der Waals surface area contributed by atoms with Crippen LogP contribution in [-0.2, 0) is 9.63 Å². The van der Waals surface area contributed by atoms with Crippen LogP contribution in [0.1, 0.15) is 10.4 Å². The van der Waals surface area contributed by atoms with E-state index >= 15 is 0 Å². The quantitative estimate of drug-likeness (QED) is 0.549. The largest absolute Gasteiger partial charge is 0.505 e. The molecule has 15 heavy (non-hydrogen) atoms. The van der Waals surface area contributed by atoms with Gasteiger partial charge in [-0.2, -0.15) is 0 Å². The molecule has 1 aromatic rings. The van der Waals surface area contributed by atoms with Gasteiger partial charge in [0.1, 0.15) is 5.75 Å². The Morgan fingerprint density at radius 3 is 2.93 bits per heavy atom. The number of rotatable bonds is 4. The Hall–Kier alpha value is -2.15. The van der Waals surface area contributed by atoms with E-state index in [1.807, 2.05) is 5.48 Å². The molecule has 0 unspecified atom stereocenters. The SMILES string of the molecule is NC(=O)CONC(=O)c1ccncc1O. The number of nitrogens with one attached hydrogen (secondary N) is 1. The molecule has 1 rings (SSSR count). The number of hydrogen-bond acceptors (Lipinski definition) is 5. The molecule has 0 aliphatic heterocycles. The zero-order valence-electron chi connectivity index (χ0n) is 7.64. The van der Waals surface area contributed by atoms with E-state index in [0.29, 0.717) is 0 Å². The Kier molecular flexibility index (Phi) is 3.58. The summed E-state index contributed by atoms with van der Waals surface area (Å²) in [6, 6.07) is 1.30. The van der Waals surface area contributed by atoms with Gasteiger partial charge in [-0.25, -0.2) is 5.48 Å². The van der Waals surface area contributed by atoms with Crippen molar-refractivity contribution in [2.24, 2.45) is 5.73 Å². The second-order valence-corrected chi connectivity index (χ2v) is 2.58. The van der Waals surface area contributed by atoms with E-state index in [0.717, 1.165) is 6.20 Å². The molecule has 0 aliphatic rings. The number of hydrogen-bond donors (Lipinski definition) is 3. The Balaban J connectivity index is 2.54. The number of nitrogens with two attached hydrogens (primary N) is 1. The molecule has 0 aliphatic carbocycles. The normalized spacial score (nSPS) is 9.60. The minimum atomic E-state index is -0.714. The monoisotopic (exact) mass is 211 g/mol. The molecule has 7 nitrogen and oxygen atoms in total. The van der Waals surface area contributed by atoms with Crippen molar-refractivity contribution in [2.75, 3.05) is 6.61 Å². The number of hydroxylamine groups is 1. The van der Waals surface area contributed by atoms with Crippen LogP contribution in [0.5, 0.6) is 5.75 Å². The predicted octanol–water partition coefficient (Wildman–Crippen LogP) is -1.07. The summed E-state index contributed by atoms with van der Waals surface area (Å²) < 4.78 is 0. The number of aromatic hydroxyl groups is 1. The van der Waals surface area contributed by atoms with Crippen molar-refractivity contribution in [3.05, 3.63) is 24.0 Å². The van der Waals surface area contributed by atoms with E-state index in [-0.39, 0.29) is 11.3 Å². The number of carbonyl (C=O) groups excluding carboxylic acids is 2. The first kappa shape index (κ1) is 10.9. The number of amides is 2. The molecule has 2 amide bonds. The van der Waals surface area contributed by atoms with Crippen LogP contribution in [0.3, 0.4) is 0 Å². The van der Waals surface area contributed by atoms with Crippen LogP contribution < -0.4 is 11.2 Å². The fourth-order valence-electron chi connectivity index (χ4n) is 0.806. The van der Waals surface area contributed by atoms with Crippen molar-refractivity contribution >= 4 is 11.8 Å². The molecule has 0 radical (unpaired) electrons. The van der Waals surface area contributed by atoms with Gasteiger partial charge < -0.3 is 10.8 Å². The zero-order chi connectivity index (χ0) is 11.3. The molecule has 0 spiro atoms. The molecule has 0 aromatic carbocycles. The molecule has 0 atom stereocenters. The Bertz CT molecular complexity index is 380. The van der Waals surface area contributed by atoms with Gasteiger partial charge in [0.25, 0.3) is 5.91 Å². The highest BCUT2D eigenvalue weighted by atomic mass is 16.7. The van der Waals surface area contributed by atoms with Gasteiger partial charge in [-0.15, -0.1) is 0 Å². The number of aromatic nitrogens is 1. The maximum atomic E-state index is 11.3. The fourth-order valence-corrected chi connectivity index (χ4v) is 0.806. The van der Waals surface area contributed by atoms with Crippen molar-refractivity contribution in [1.29, 1.82) is 0 Å². The molecular formula is C8H9N3O4. The Labute approximate surface area is 84.8 Å². The minimum Gasteiger partial charge on any atom is -0.505 e. The summed E-state index contributed by atoms with van der Waals surface area (Å²) in [5, 5.41) is 9.22. The third kappa shape index (κ3) is 3.24. The highest BCUT2D eigenvalue weighted by Gasteiger charge is 2.10.